The Kier molecular flexibility index (Phi) is 9.88. The Bertz CT molecular complexity index is 1140. The van der Waals surface area contributed by atoms with Crippen LogP contribution in [0.5, 0.6) is 0 Å². The Morgan fingerprint density at radius 2 is 0.895 bits per heavy atom. The zero-order valence-electron chi connectivity index (χ0n) is 26.3. The molecule has 0 saturated heterocycles. The van der Waals surface area contributed by atoms with Crippen LogP contribution in [0.3, 0.4) is 0 Å². The molecule has 0 aromatic heterocycles. The first kappa shape index (κ1) is 30.6. The Morgan fingerprint density at radius 3 is 1.18 bits per heavy atom. The molecule has 0 nitrogen and oxygen atoms in total. The van der Waals surface area contributed by atoms with Crippen molar-refractivity contribution < 1.29 is 42.9 Å². The van der Waals surface area contributed by atoms with Crippen molar-refractivity contribution >= 4 is 12.2 Å². The van der Waals surface area contributed by atoms with Gasteiger partial charge in [0.05, 0.1) is 0 Å². The first-order chi connectivity index (χ1) is 17.8. The molecule has 2 aliphatic carbocycles. The van der Waals surface area contributed by atoms with Gasteiger partial charge in [0.25, 0.3) is 0 Å². The van der Waals surface area contributed by atoms with E-state index in [1.807, 2.05) is 0 Å². The molecule has 0 spiro atoms. The molecule has 2 aliphatic rings. The Hall–Kier alpha value is -0.340. The van der Waals surface area contributed by atoms with Crippen LogP contribution >= 0.6 is 0 Å². The number of hydrogen-bond acceptors (Lipinski definition) is 0. The van der Waals surface area contributed by atoms with Crippen LogP contribution < -0.4 is 0 Å². The molecule has 0 amide bonds. The third-order valence-corrected chi connectivity index (χ3v) is 35.8. The van der Waals surface area contributed by atoms with Crippen molar-refractivity contribution in [3.63, 3.8) is 0 Å². The summed E-state index contributed by atoms with van der Waals surface area (Å²) < 4.78 is 10.3. The SMILES string of the molecule is CC1=Cc2c(C(C)C)cc(C(C)C)cc2[CH]1[Hf]([CH3])[CH2][CH2][Hf]([CH3])[CH]1C(C)=Cc2c(C(C)C)cc(C(C)C)cc21. The van der Waals surface area contributed by atoms with E-state index in [0.29, 0.717) is 23.7 Å². The molecule has 38 heavy (non-hydrogen) atoms. The summed E-state index contributed by atoms with van der Waals surface area (Å²) in [5.74, 6) is 2.39. The van der Waals surface area contributed by atoms with Crippen molar-refractivity contribution in [1.29, 1.82) is 0 Å². The van der Waals surface area contributed by atoms with Crippen molar-refractivity contribution in [2.75, 3.05) is 0 Å². The molecule has 0 fully saturated rings. The van der Waals surface area contributed by atoms with E-state index in [2.05, 4.69) is 115 Å². The van der Waals surface area contributed by atoms with E-state index in [1.165, 1.54) is 0 Å². The minimum absolute atomic E-state index is 0.594. The van der Waals surface area contributed by atoms with E-state index in [-0.39, 0.29) is 0 Å². The van der Waals surface area contributed by atoms with E-state index in [9.17, 15) is 0 Å². The third kappa shape index (κ3) is 5.98. The second-order valence-corrected chi connectivity index (χ2v) is 33.6. The van der Waals surface area contributed by atoms with Gasteiger partial charge in [0, 0.05) is 0 Å². The monoisotopic (exact) mass is 844 g/mol. The van der Waals surface area contributed by atoms with E-state index >= 15 is 0 Å². The predicted molar refractivity (Wildman–Crippen MR) is 163 cm³/mol. The summed E-state index contributed by atoms with van der Waals surface area (Å²) in [6.45, 7) is 23.9. The van der Waals surface area contributed by atoms with Crippen LogP contribution in [0.4, 0.5) is 0 Å². The van der Waals surface area contributed by atoms with Crippen LogP contribution in [-0.2, 0) is 42.9 Å². The summed E-state index contributed by atoms with van der Waals surface area (Å²) in [4.78, 5) is 0. The van der Waals surface area contributed by atoms with Crippen molar-refractivity contribution in [3.05, 3.63) is 79.9 Å². The van der Waals surface area contributed by atoms with Gasteiger partial charge in [-0.1, -0.05) is 0 Å². The van der Waals surface area contributed by atoms with Crippen LogP contribution in [0, 0.1) is 0 Å². The molecule has 0 heterocycles. The van der Waals surface area contributed by atoms with E-state index in [0.717, 1.165) is 7.35 Å². The zero-order chi connectivity index (χ0) is 28.0. The molecule has 2 atom stereocenters. The maximum absolute atomic E-state index is 2.76. The van der Waals surface area contributed by atoms with Crippen molar-refractivity contribution in [1.82, 2.24) is 0 Å². The summed E-state index contributed by atoms with van der Waals surface area (Å²) in [5.41, 5.74) is 16.3. The summed E-state index contributed by atoms with van der Waals surface area (Å²) in [5, 5.41) is 0. The molecule has 0 bridgehead atoms. The number of benzene rings is 2. The van der Waals surface area contributed by atoms with E-state index in [1.54, 1.807) is 64.0 Å². The molecule has 4 rings (SSSR count). The fraction of sp³-hybridized carbons (Fsp3) is 0.556. The second-order valence-electron chi connectivity index (χ2n) is 13.7. The van der Waals surface area contributed by atoms with Gasteiger partial charge in [-0.05, 0) is 0 Å². The normalized spacial score (nSPS) is 18.4. The molecule has 204 valence electrons. The van der Waals surface area contributed by atoms with Gasteiger partial charge in [0.1, 0.15) is 0 Å². The third-order valence-electron chi connectivity index (χ3n) is 9.29. The number of allylic oxidation sites excluding steroid dienone is 2. The molecule has 2 unspecified atom stereocenters. The second kappa shape index (κ2) is 12.3. The van der Waals surface area contributed by atoms with Crippen molar-refractivity contribution in [2.24, 2.45) is 0 Å². The molecule has 0 saturated carbocycles. The molecular formula is C36H52Hf2. The van der Waals surface area contributed by atoms with Gasteiger partial charge < -0.3 is 0 Å². The summed E-state index contributed by atoms with van der Waals surface area (Å²) in [6.07, 6.45) is 5.17. The zero-order valence-corrected chi connectivity index (χ0v) is 33.5. The van der Waals surface area contributed by atoms with Gasteiger partial charge >= 0.3 is 253 Å². The summed E-state index contributed by atoms with van der Waals surface area (Å²) in [7, 11) is 0. The molecule has 2 aromatic carbocycles. The van der Waals surface area contributed by atoms with Gasteiger partial charge in [-0.25, -0.2) is 0 Å². The van der Waals surface area contributed by atoms with Crippen LogP contribution in [0.1, 0.15) is 145 Å². The van der Waals surface area contributed by atoms with Gasteiger partial charge in [-0.2, -0.15) is 0 Å². The first-order valence-electron chi connectivity index (χ1n) is 15.2. The minimum atomic E-state index is -1.82. The summed E-state index contributed by atoms with van der Waals surface area (Å²) >= 11 is -3.65. The average molecular weight is 842 g/mol. The van der Waals surface area contributed by atoms with Crippen molar-refractivity contribution in [3.8, 4) is 0 Å². The predicted octanol–water partition coefficient (Wildman–Crippen LogP) is 12.0. The summed E-state index contributed by atoms with van der Waals surface area (Å²) in [6, 6.07) is 10.3. The van der Waals surface area contributed by atoms with Crippen molar-refractivity contribution in [2.45, 2.75) is 118 Å². The van der Waals surface area contributed by atoms with Crippen LogP contribution in [0.15, 0.2) is 35.4 Å². The van der Waals surface area contributed by atoms with Gasteiger partial charge in [-0.15, -0.1) is 0 Å². The topological polar surface area (TPSA) is 0 Å². The molecule has 0 radical (unpaired) electrons. The molecular weight excluding hydrogens is 789 g/mol. The van der Waals surface area contributed by atoms with Gasteiger partial charge in [0.15, 0.2) is 0 Å². The Balaban J connectivity index is 1.58. The molecule has 2 heteroatoms. The number of rotatable bonds is 9. The molecule has 0 aliphatic heterocycles. The molecule has 2 aromatic rings. The van der Waals surface area contributed by atoms with Gasteiger partial charge in [-0.3, -0.25) is 0 Å². The Morgan fingerprint density at radius 1 is 0.553 bits per heavy atom. The van der Waals surface area contributed by atoms with E-state index in [4.69, 9.17) is 0 Å². The van der Waals surface area contributed by atoms with Crippen LogP contribution in [-0.4, -0.2) is 0 Å². The first-order valence-corrected chi connectivity index (χ1v) is 31.6. The standard InChI is InChI=1S/2C16H21.C2H4.2CH3.2Hf/c2*1-10(2)13-8-14-6-12(5)7-16(14)15(9-13)11(3)4;1-2;;;;/h2*6-11H,1-5H3;1-2H2;2*1H3;;. The van der Waals surface area contributed by atoms with Gasteiger partial charge in [0.2, 0.25) is 0 Å². The van der Waals surface area contributed by atoms with Crippen LogP contribution in [0.25, 0.3) is 12.2 Å². The number of fused-ring (bicyclic) bond motifs is 2. The van der Waals surface area contributed by atoms with Crippen LogP contribution in [0.2, 0.25) is 17.7 Å². The van der Waals surface area contributed by atoms with E-state index < -0.39 is 42.9 Å². The number of hydrogen-bond donors (Lipinski definition) is 0. The maximum atomic E-state index is 2.76. The fourth-order valence-electron chi connectivity index (χ4n) is 6.98. The average Bonchev–Trinajstić information content (AvgIpc) is 3.35. The Labute approximate surface area is 250 Å². The molecule has 0 N–H and O–H groups in total. The fourth-order valence-corrected chi connectivity index (χ4v) is 46.8. The quantitative estimate of drug-likeness (QED) is 0.221.